The molecule has 7 nitrogen and oxygen atoms in total. The highest BCUT2D eigenvalue weighted by Gasteiger charge is 2.29. The normalized spacial score (nSPS) is 15.2. The molecule has 4 aromatic rings. The summed E-state index contributed by atoms with van der Waals surface area (Å²) >= 11 is 0. The van der Waals surface area contributed by atoms with E-state index in [1.165, 1.54) is 25.0 Å². The molecule has 1 fully saturated rings. The summed E-state index contributed by atoms with van der Waals surface area (Å²) < 4.78 is 15.6. The standard InChI is InChI=1S/C28H33FN6O/c1-4-26(27-31-32-33-35(27)23-7-5-6-8-23)34(16-20-9-11-22(29)12-10-20)17-21-15-24-19(3)13-18(2)14-25(24)30-28(21)36/h9-15,23,26H,4-8,16-17H2,1-3H3,(H,30,36)/t26-/m1/s1. The molecule has 1 aliphatic rings. The van der Waals surface area contributed by atoms with Crippen molar-refractivity contribution in [3.63, 3.8) is 0 Å². The summed E-state index contributed by atoms with van der Waals surface area (Å²) in [5.74, 6) is 0.565. The first-order chi connectivity index (χ1) is 17.4. The molecule has 36 heavy (non-hydrogen) atoms. The number of aromatic nitrogens is 5. The highest BCUT2D eigenvalue weighted by molar-refractivity contribution is 5.83. The van der Waals surface area contributed by atoms with Gasteiger partial charge < -0.3 is 4.98 Å². The predicted molar refractivity (Wildman–Crippen MR) is 138 cm³/mol. The fraction of sp³-hybridized carbons (Fsp3) is 0.429. The summed E-state index contributed by atoms with van der Waals surface area (Å²) in [7, 11) is 0. The van der Waals surface area contributed by atoms with Gasteiger partial charge in [-0.05, 0) is 84.5 Å². The molecule has 0 spiro atoms. The first kappa shape index (κ1) is 24.3. The van der Waals surface area contributed by atoms with Crippen molar-refractivity contribution in [3.8, 4) is 0 Å². The Kier molecular flexibility index (Phi) is 6.96. The Hall–Kier alpha value is -3.39. The van der Waals surface area contributed by atoms with Crippen LogP contribution in [-0.2, 0) is 13.1 Å². The summed E-state index contributed by atoms with van der Waals surface area (Å²) in [6, 6.07) is 12.9. The maximum absolute atomic E-state index is 13.6. The number of H-pyrrole nitrogens is 1. The van der Waals surface area contributed by atoms with E-state index < -0.39 is 0 Å². The molecule has 8 heteroatoms. The number of fused-ring (bicyclic) bond motifs is 1. The van der Waals surface area contributed by atoms with E-state index in [1.807, 2.05) is 23.7 Å². The van der Waals surface area contributed by atoms with Gasteiger partial charge in [0.05, 0.1) is 12.1 Å². The molecule has 0 unspecified atom stereocenters. The molecule has 1 saturated carbocycles. The Morgan fingerprint density at radius 2 is 1.86 bits per heavy atom. The van der Waals surface area contributed by atoms with Gasteiger partial charge in [0, 0.05) is 29.6 Å². The van der Waals surface area contributed by atoms with Gasteiger partial charge in [0.15, 0.2) is 5.82 Å². The van der Waals surface area contributed by atoms with Gasteiger partial charge in [0.2, 0.25) is 0 Å². The zero-order valence-corrected chi connectivity index (χ0v) is 21.2. The van der Waals surface area contributed by atoms with Gasteiger partial charge in [-0.2, -0.15) is 0 Å². The molecule has 2 aromatic carbocycles. The lowest BCUT2D eigenvalue weighted by atomic mass is 10.0. The van der Waals surface area contributed by atoms with Gasteiger partial charge in [-0.1, -0.05) is 38.0 Å². The molecule has 1 N–H and O–H groups in total. The molecule has 0 bridgehead atoms. The van der Waals surface area contributed by atoms with Crippen molar-refractivity contribution in [3.05, 3.63) is 86.7 Å². The highest BCUT2D eigenvalue weighted by Crippen LogP contribution is 2.33. The number of tetrazole rings is 1. The van der Waals surface area contributed by atoms with Crippen LogP contribution in [0.5, 0.6) is 0 Å². The largest absolute Gasteiger partial charge is 0.322 e. The molecule has 1 aliphatic carbocycles. The first-order valence-electron chi connectivity index (χ1n) is 12.8. The monoisotopic (exact) mass is 488 g/mol. The van der Waals surface area contributed by atoms with E-state index in [0.29, 0.717) is 24.7 Å². The maximum atomic E-state index is 13.6. The van der Waals surface area contributed by atoms with Gasteiger partial charge in [0.25, 0.3) is 5.56 Å². The maximum Gasteiger partial charge on any atom is 0.252 e. The third-order valence-corrected chi connectivity index (χ3v) is 7.38. The minimum Gasteiger partial charge on any atom is -0.322 e. The second kappa shape index (κ2) is 10.3. The first-order valence-corrected chi connectivity index (χ1v) is 12.8. The Labute approximate surface area is 210 Å². The minimum absolute atomic E-state index is 0.0955. The highest BCUT2D eigenvalue weighted by atomic mass is 19.1. The third kappa shape index (κ3) is 4.95. The van der Waals surface area contributed by atoms with Gasteiger partial charge in [-0.3, -0.25) is 9.69 Å². The van der Waals surface area contributed by atoms with Crippen molar-refractivity contribution in [2.75, 3.05) is 0 Å². The fourth-order valence-electron chi connectivity index (χ4n) is 5.59. The van der Waals surface area contributed by atoms with Crippen molar-refractivity contribution in [2.24, 2.45) is 0 Å². The average molecular weight is 489 g/mol. The number of pyridine rings is 1. The van der Waals surface area contributed by atoms with Crippen LogP contribution in [0.4, 0.5) is 4.39 Å². The van der Waals surface area contributed by atoms with Crippen LogP contribution in [0.2, 0.25) is 0 Å². The fourth-order valence-corrected chi connectivity index (χ4v) is 5.59. The number of rotatable bonds is 8. The van der Waals surface area contributed by atoms with Gasteiger partial charge in [0.1, 0.15) is 5.82 Å². The summed E-state index contributed by atoms with van der Waals surface area (Å²) in [5.41, 5.74) is 4.66. The van der Waals surface area contributed by atoms with Crippen molar-refractivity contribution in [1.29, 1.82) is 0 Å². The minimum atomic E-state index is -0.265. The van der Waals surface area contributed by atoms with E-state index in [-0.39, 0.29) is 17.4 Å². The second-order valence-corrected chi connectivity index (χ2v) is 10.0. The summed E-state index contributed by atoms with van der Waals surface area (Å²) in [4.78, 5) is 18.5. The van der Waals surface area contributed by atoms with E-state index in [2.05, 4.69) is 45.3 Å². The number of nitrogens with zero attached hydrogens (tertiary/aromatic N) is 5. The lowest BCUT2D eigenvalue weighted by Crippen LogP contribution is -2.32. The number of nitrogens with one attached hydrogen (secondary N) is 1. The summed E-state index contributed by atoms with van der Waals surface area (Å²) in [6.07, 6.45) is 5.31. The lowest BCUT2D eigenvalue weighted by Gasteiger charge is -2.31. The Morgan fingerprint density at radius 3 is 2.58 bits per heavy atom. The Morgan fingerprint density at radius 1 is 1.11 bits per heavy atom. The molecular weight excluding hydrogens is 455 g/mol. The topological polar surface area (TPSA) is 79.7 Å². The number of aryl methyl sites for hydroxylation is 2. The molecule has 5 rings (SSSR count). The lowest BCUT2D eigenvalue weighted by molar-refractivity contribution is 0.158. The Balaban J connectivity index is 1.55. The van der Waals surface area contributed by atoms with E-state index >= 15 is 0 Å². The summed E-state index contributed by atoms with van der Waals surface area (Å²) in [5, 5.41) is 13.9. The zero-order chi connectivity index (χ0) is 25.2. The van der Waals surface area contributed by atoms with Crippen molar-refractivity contribution < 1.29 is 4.39 Å². The van der Waals surface area contributed by atoms with Crippen molar-refractivity contribution in [2.45, 2.75) is 78.0 Å². The Bertz CT molecular complexity index is 1400. The van der Waals surface area contributed by atoms with E-state index in [0.717, 1.165) is 52.7 Å². The SMILES string of the molecule is CC[C@H](c1nnnn1C1CCCC1)N(Cc1ccc(F)cc1)Cc1cc2c(C)cc(C)cc2[nH]c1=O. The number of hydrogen-bond acceptors (Lipinski definition) is 5. The van der Waals surface area contributed by atoms with E-state index in [1.54, 1.807) is 12.1 Å². The molecular formula is C28H33FN6O. The molecule has 2 heterocycles. The predicted octanol–water partition coefficient (Wildman–Crippen LogP) is 5.54. The third-order valence-electron chi connectivity index (χ3n) is 7.38. The second-order valence-electron chi connectivity index (χ2n) is 10.0. The molecule has 1 atom stereocenters. The number of aromatic amines is 1. The number of hydrogen-bond donors (Lipinski definition) is 1. The zero-order valence-electron chi connectivity index (χ0n) is 21.2. The quantitative estimate of drug-likeness (QED) is 0.352. The van der Waals surface area contributed by atoms with Crippen LogP contribution >= 0.6 is 0 Å². The van der Waals surface area contributed by atoms with Crippen molar-refractivity contribution >= 4 is 10.9 Å². The van der Waals surface area contributed by atoms with Crippen LogP contribution < -0.4 is 5.56 Å². The summed E-state index contributed by atoms with van der Waals surface area (Å²) in [6.45, 7) is 7.18. The smallest absolute Gasteiger partial charge is 0.252 e. The molecule has 0 saturated heterocycles. The van der Waals surface area contributed by atoms with Crippen LogP contribution in [0.15, 0.2) is 47.3 Å². The van der Waals surface area contributed by atoms with E-state index in [4.69, 9.17) is 0 Å². The van der Waals surface area contributed by atoms with Crippen LogP contribution in [-0.4, -0.2) is 30.1 Å². The van der Waals surface area contributed by atoms with Crippen LogP contribution in [0, 0.1) is 19.7 Å². The van der Waals surface area contributed by atoms with Crippen LogP contribution in [0.25, 0.3) is 10.9 Å². The van der Waals surface area contributed by atoms with Gasteiger partial charge in [-0.25, -0.2) is 9.07 Å². The number of benzene rings is 2. The van der Waals surface area contributed by atoms with Gasteiger partial charge >= 0.3 is 0 Å². The van der Waals surface area contributed by atoms with E-state index in [9.17, 15) is 9.18 Å². The molecule has 0 aliphatic heterocycles. The van der Waals surface area contributed by atoms with Gasteiger partial charge in [-0.15, -0.1) is 5.10 Å². The molecule has 0 radical (unpaired) electrons. The number of halogens is 1. The molecule has 188 valence electrons. The average Bonchev–Trinajstić information content (AvgIpc) is 3.54. The van der Waals surface area contributed by atoms with Crippen LogP contribution in [0.3, 0.4) is 0 Å². The molecule has 2 aromatic heterocycles. The van der Waals surface area contributed by atoms with Crippen molar-refractivity contribution in [1.82, 2.24) is 30.1 Å². The van der Waals surface area contributed by atoms with Crippen LogP contribution in [0.1, 0.15) is 79.2 Å². The molecule has 0 amide bonds.